The van der Waals surface area contributed by atoms with Crippen LogP contribution < -0.4 is 10.1 Å². The first-order valence-electron chi connectivity index (χ1n) is 10.1. The quantitative estimate of drug-likeness (QED) is 0.629. The van der Waals surface area contributed by atoms with Gasteiger partial charge in [-0.05, 0) is 49.4 Å². The van der Waals surface area contributed by atoms with Crippen molar-refractivity contribution in [2.24, 2.45) is 0 Å². The van der Waals surface area contributed by atoms with Crippen LogP contribution in [-0.2, 0) is 0 Å². The molecule has 1 aromatic heterocycles. The van der Waals surface area contributed by atoms with E-state index >= 15 is 0 Å². The molecule has 29 heavy (non-hydrogen) atoms. The number of rotatable bonds is 9. The van der Waals surface area contributed by atoms with E-state index in [1.807, 2.05) is 36.4 Å². The van der Waals surface area contributed by atoms with Crippen LogP contribution in [0.1, 0.15) is 12.0 Å². The average Bonchev–Trinajstić information content (AvgIpc) is 2.78. The van der Waals surface area contributed by atoms with Crippen molar-refractivity contribution in [3.05, 3.63) is 42.0 Å². The minimum Gasteiger partial charge on any atom is -0.497 e. The van der Waals surface area contributed by atoms with Gasteiger partial charge in [0.15, 0.2) is 0 Å². The molecule has 7 nitrogen and oxygen atoms in total. The molecule has 0 atom stereocenters. The lowest BCUT2D eigenvalue weighted by Gasteiger charge is -2.34. The molecule has 1 saturated heterocycles. The number of β-amino-alcohol motifs (C(OH)–C–C–N with tert-alkyl or cyclic N) is 1. The number of aliphatic hydroxyl groups is 1. The molecule has 3 rings (SSSR count). The second-order valence-electron chi connectivity index (χ2n) is 7.12. The van der Waals surface area contributed by atoms with Crippen molar-refractivity contribution in [1.82, 2.24) is 14.8 Å². The van der Waals surface area contributed by atoms with Crippen molar-refractivity contribution in [1.29, 1.82) is 5.26 Å². The Morgan fingerprint density at radius 3 is 2.38 bits per heavy atom. The van der Waals surface area contributed by atoms with Crippen molar-refractivity contribution in [2.45, 2.75) is 6.42 Å². The maximum absolute atomic E-state index is 9.40. The summed E-state index contributed by atoms with van der Waals surface area (Å²) in [4.78, 5) is 9.41. The largest absolute Gasteiger partial charge is 0.497 e. The lowest BCUT2D eigenvalue weighted by atomic mass is 10.1. The van der Waals surface area contributed by atoms with Gasteiger partial charge in [-0.3, -0.25) is 4.90 Å². The van der Waals surface area contributed by atoms with E-state index in [4.69, 9.17) is 9.84 Å². The molecule has 1 aromatic carbocycles. The molecule has 1 aliphatic rings. The fraction of sp³-hybridized carbons (Fsp3) is 0.455. The van der Waals surface area contributed by atoms with Gasteiger partial charge >= 0.3 is 0 Å². The maximum atomic E-state index is 9.40. The monoisotopic (exact) mass is 395 g/mol. The number of hydrogen-bond donors (Lipinski definition) is 2. The van der Waals surface area contributed by atoms with Crippen molar-refractivity contribution in [3.8, 4) is 23.1 Å². The second kappa shape index (κ2) is 10.8. The van der Waals surface area contributed by atoms with E-state index in [-0.39, 0.29) is 6.61 Å². The molecule has 2 heterocycles. The smallest absolute Gasteiger partial charge is 0.144 e. The molecule has 7 heteroatoms. The molecule has 0 bridgehead atoms. The van der Waals surface area contributed by atoms with Crippen LogP contribution >= 0.6 is 0 Å². The van der Waals surface area contributed by atoms with E-state index in [0.717, 1.165) is 69.2 Å². The molecule has 0 amide bonds. The SMILES string of the molecule is COc1ccc(-c2ccc(C#N)c(NCCCN3CCN(CCO)CC3)n2)cc1. The summed E-state index contributed by atoms with van der Waals surface area (Å²) in [6, 6.07) is 13.6. The number of methoxy groups -OCH3 is 1. The van der Waals surface area contributed by atoms with E-state index in [1.165, 1.54) is 0 Å². The third-order valence-corrected chi connectivity index (χ3v) is 5.23. The fourth-order valence-electron chi connectivity index (χ4n) is 3.49. The standard InChI is InChI=1S/C22H29N5O2/c1-29-20-6-3-18(4-7-20)21-8-5-19(17-23)22(25-21)24-9-2-10-26-11-13-27(14-12-26)15-16-28/h3-8,28H,2,9-16H2,1H3,(H,24,25). The van der Waals surface area contributed by atoms with Crippen LogP contribution in [0.25, 0.3) is 11.3 Å². The number of nitrogens with one attached hydrogen (secondary N) is 1. The molecule has 0 spiro atoms. The number of anilines is 1. The van der Waals surface area contributed by atoms with Crippen molar-refractivity contribution < 1.29 is 9.84 Å². The molecule has 0 unspecified atom stereocenters. The number of ether oxygens (including phenoxy) is 1. The molecule has 2 N–H and O–H groups in total. The molecular formula is C22H29N5O2. The van der Waals surface area contributed by atoms with E-state index in [9.17, 15) is 5.26 Å². The van der Waals surface area contributed by atoms with Crippen molar-refractivity contribution in [3.63, 3.8) is 0 Å². The Labute approximate surface area is 172 Å². The number of hydrogen-bond acceptors (Lipinski definition) is 7. The molecule has 0 radical (unpaired) electrons. The zero-order valence-corrected chi connectivity index (χ0v) is 17.0. The van der Waals surface area contributed by atoms with E-state index < -0.39 is 0 Å². The Bertz CT molecular complexity index is 811. The molecule has 154 valence electrons. The number of benzene rings is 1. The molecule has 0 saturated carbocycles. The number of nitriles is 1. The zero-order valence-electron chi connectivity index (χ0n) is 17.0. The highest BCUT2D eigenvalue weighted by atomic mass is 16.5. The minimum atomic E-state index is 0.230. The summed E-state index contributed by atoms with van der Waals surface area (Å²) in [6.07, 6.45) is 0.985. The van der Waals surface area contributed by atoms with Gasteiger partial charge in [-0.25, -0.2) is 4.98 Å². The van der Waals surface area contributed by atoms with Gasteiger partial charge in [0.25, 0.3) is 0 Å². The summed E-state index contributed by atoms with van der Waals surface area (Å²) >= 11 is 0. The highest BCUT2D eigenvalue weighted by Crippen LogP contribution is 2.23. The summed E-state index contributed by atoms with van der Waals surface area (Å²) in [5.74, 6) is 1.44. The molecular weight excluding hydrogens is 366 g/mol. The summed E-state index contributed by atoms with van der Waals surface area (Å²) in [5.41, 5.74) is 2.37. The van der Waals surface area contributed by atoms with Crippen LogP contribution in [0, 0.1) is 11.3 Å². The number of nitrogens with zero attached hydrogens (tertiary/aromatic N) is 4. The Balaban J connectivity index is 1.52. The van der Waals surface area contributed by atoms with Gasteiger partial charge in [-0.2, -0.15) is 5.26 Å². The van der Waals surface area contributed by atoms with Gasteiger partial charge in [-0.15, -0.1) is 0 Å². The maximum Gasteiger partial charge on any atom is 0.144 e. The molecule has 1 aliphatic heterocycles. The van der Waals surface area contributed by atoms with Gasteiger partial charge in [0, 0.05) is 44.8 Å². The van der Waals surface area contributed by atoms with Gasteiger partial charge in [0.05, 0.1) is 25.0 Å². The van der Waals surface area contributed by atoms with Crippen LogP contribution in [0.15, 0.2) is 36.4 Å². The lowest BCUT2D eigenvalue weighted by Crippen LogP contribution is -2.47. The first-order valence-corrected chi connectivity index (χ1v) is 10.1. The number of aliphatic hydroxyl groups excluding tert-OH is 1. The number of aromatic nitrogens is 1. The van der Waals surface area contributed by atoms with Gasteiger partial charge in [0.1, 0.15) is 17.6 Å². The van der Waals surface area contributed by atoms with E-state index in [2.05, 4.69) is 26.2 Å². The highest BCUT2D eigenvalue weighted by Gasteiger charge is 2.15. The highest BCUT2D eigenvalue weighted by molar-refractivity contribution is 5.65. The van der Waals surface area contributed by atoms with Gasteiger partial charge in [0.2, 0.25) is 0 Å². The Kier molecular flexibility index (Phi) is 7.82. The van der Waals surface area contributed by atoms with Crippen LogP contribution in [0.2, 0.25) is 0 Å². The topological polar surface area (TPSA) is 84.7 Å². The third-order valence-electron chi connectivity index (χ3n) is 5.23. The number of pyridine rings is 1. The minimum absolute atomic E-state index is 0.230. The summed E-state index contributed by atoms with van der Waals surface area (Å²) in [7, 11) is 1.64. The molecule has 1 fully saturated rings. The zero-order chi connectivity index (χ0) is 20.5. The Morgan fingerprint density at radius 2 is 1.76 bits per heavy atom. The summed E-state index contributed by atoms with van der Waals surface area (Å²) in [5, 5.41) is 21.8. The van der Waals surface area contributed by atoms with Crippen LogP contribution in [0.3, 0.4) is 0 Å². The summed E-state index contributed by atoms with van der Waals surface area (Å²) in [6.45, 7) is 6.88. The molecule has 0 aliphatic carbocycles. The molecule has 2 aromatic rings. The van der Waals surface area contributed by atoms with Crippen LogP contribution in [0.4, 0.5) is 5.82 Å². The Hall–Kier alpha value is -2.66. The predicted molar refractivity (Wildman–Crippen MR) is 114 cm³/mol. The van der Waals surface area contributed by atoms with Gasteiger partial charge in [-0.1, -0.05) is 0 Å². The fourth-order valence-corrected chi connectivity index (χ4v) is 3.49. The predicted octanol–water partition coefficient (Wildman–Crippen LogP) is 2.04. The van der Waals surface area contributed by atoms with Crippen LogP contribution in [-0.4, -0.2) is 79.4 Å². The first-order chi connectivity index (χ1) is 14.2. The number of piperazine rings is 1. The van der Waals surface area contributed by atoms with Gasteiger partial charge < -0.3 is 20.1 Å². The summed E-state index contributed by atoms with van der Waals surface area (Å²) < 4.78 is 5.21. The van der Waals surface area contributed by atoms with Crippen LogP contribution in [0.5, 0.6) is 5.75 Å². The lowest BCUT2D eigenvalue weighted by molar-refractivity contribution is 0.112. The van der Waals surface area contributed by atoms with Crippen molar-refractivity contribution in [2.75, 3.05) is 64.8 Å². The first kappa shape index (κ1) is 21.1. The second-order valence-corrected chi connectivity index (χ2v) is 7.12. The third kappa shape index (κ3) is 5.91. The average molecular weight is 396 g/mol. The van der Waals surface area contributed by atoms with Crippen molar-refractivity contribution >= 4 is 5.82 Å². The van der Waals surface area contributed by atoms with E-state index in [1.54, 1.807) is 7.11 Å². The Morgan fingerprint density at radius 1 is 1.07 bits per heavy atom. The normalized spacial score (nSPS) is 15.1. The van der Waals surface area contributed by atoms with E-state index in [0.29, 0.717) is 11.4 Å².